The Hall–Kier alpha value is -2.27. The number of fused-ring (bicyclic) bond motifs is 1. The van der Waals surface area contributed by atoms with Gasteiger partial charge >= 0.3 is 0 Å². The molecule has 1 unspecified atom stereocenters. The molecule has 0 aliphatic carbocycles. The van der Waals surface area contributed by atoms with Crippen molar-refractivity contribution >= 4 is 11.0 Å². The van der Waals surface area contributed by atoms with Gasteiger partial charge in [-0.05, 0) is 26.1 Å². The Bertz CT molecular complexity index is 705. The van der Waals surface area contributed by atoms with Crippen LogP contribution in [-0.4, -0.2) is 32.8 Å². The van der Waals surface area contributed by atoms with E-state index < -0.39 is 0 Å². The van der Waals surface area contributed by atoms with E-state index in [9.17, 15) is 0 Å². The number of rotatable bonds is 4. The summed E-state index contributed by atoms with van der Waals surface area (Å²) >= 11 is 0. The molecular weight excluding hydrogens is 250 g/mol. The van der Waals surface area contributed by atoms with Gasteiger partial charge in [0, 0.05) is 12.5 Å². The van der Waals surface area contributed by atoms with Gasteiger partial charge in [-0.3, -0.25) is 0 Å². The smallest absolute Gasteiger partial charge is 0.166 e. The van der Waals surface area contributed by atoms with E-state index in [1.165, 1.54) is 0 Å². The summed E-state index contributed by atoms with van der Waals surface area (Å²) in [6, 6.07) is 10.4. The Balaban J connectivity index is 2.08. The summed E-state index contributed by atoms with van der Waals surface area (Å²) in [5, 5.41) is 8.69. The summed E-state index contributed by atoms with van der Waals surface area (Å²) in [4.78, 5) is 8.78. The molecule has 1 aromatic carbocycles. The zero-order chi connectivity index (χ0) is 13.9. The minimum atomic E-state index is 0.369. The van der Waals surface area contributed by atoms with E-state index in [1.54, 1.807) is 6.33 Å². The molecule has 0 amide bonds. The fraction of sp³-hybridized carbons (Fsp3) is 0.267. The fourth-order valence-corrected chi connectivity index (χ4v) is 2.21. The van der Waals surface area contributed by atoms with Gasteiger partial charge in [-0.2, -0.15) is 5.10 Å². The maximum Gasteiger partial charge on any atom is 0.166 e. The van der Waals surface area contributed by atoms with Gasteiger partial charge in [0.1, 0.15) is 6.33 Å². The van der Waals surface area contributed by atoms with Gasteiger partial charge in [-0.1, -0.05) is 18.2 Å². The number of hydrogen-bond acceptors (Lipinski definition) is 4. The minimum Gasteiger partial charge on any atom is -0.317 e. The molecule has 0 saturated heterocycles. The fourth-order valence-electron chi connectivity index (χ4n) is 2.21. The normalized spacial score (nSPS) is 12.7. The van der Waals surface area contributed by atoms with Crippen LogP contribution in [0.2, 0.25) is 0 Å². The van der Waals surface area contributed by atoms with Crippen LogP contribution >= 0.6 is 0 Å². The van der Waals surface area contributed by atoms with Gasteiger partial charge in [0.15, 0.2) is 5.65 Å². The van der Waals surface area contributed by atoms with E-state index in [-0.39, 0.29) is 0 Å². The third-order valence-corrected chi connectivity index (χ3v) is 3.44. The maximum atomic E-state index is 4.45. The van der Waals surface area contributed by atoms with Crippen LogP contribution in [0.25, 0.3) is 16.7 Å². The van der Waals surface area contributed by atoms with Crippen LogP contribution in [0.15, 0.2) is 42.9 Å². The van der Waals surface area contributed by atoms with Gasteiger partial charge in [0.05, 0.1) is 23.0 Å². The maximum absolute atomic E-state index is 4.45. The Labute approximate surface area is 117 Å². The molecule has 102 valence electrons. The van der Waals surface area contributed by atoms with E-state index in [2.05, 4.69) is 27.3 Å². The van der Waals surface area contributed by atoms with Crippen LogP contribution in [0.3, 0.4) is 0 Å². The zero-order valence-electron chi connectivity index (χ0n) is 11.6. The highest BCUT2D eigenvalue weighted by Gasteiger charge is 2.12. The average molecular weight is 267 g/mol. The first-order chi connectivity index (χ1) is 9.79. The molecule has 1 atom stereocenters. The van der Waals surface area contributed by atoms with Crippen molar-refractivity contribution in [2.75, 3.05) is 7.05 Å². The van der Waals surface area contributed by atoms with Crippen LogP contribution in [0, 0.1) is 0 Å². The lowest BCUT2D eigenvalue weighted by Crippen LogP contribution is -2.24. The molecule has 0 spiro atoms. The molecule has 0 fully saturated rings. The van der Waals surface area contributed by atoms with Crippen molar-refractivity contribution in [2.24, 2.45) is 0 Å². The van der Waals surface area contributed by atoms with Gasteiger partial charge < -0.3 is 5.32 Å². The highest BCUT2D eigenvalue weighted by molar-refractivity contribution is 5.78. The Kier molecular flexibility index (Phi) is 3.43. The van der Waals surface area contributed by atoms with Crippen molar-refractivity contribution in [3.05, 3.63) is 48.5 Å². The van der Waals surface area contributed by atoms with Crippen molar-refractivity contribution in [2.45, 2.75) is 19.4 Å². The quantitative estimate of drug-likeness (QED) is 0.785. The summed E-state index contributed by atoms with van der Waals surface area (Å²) < 4.78 is 1.85. The minimum absolute atomic E-state index is 0.369. The molecule has 20 heavy (non-hydrogen) atoms. The molecule has 2 heterocycles. The summed E-state index contributed by atoms with van der Waals surface area (Å²) in [5.74, 6) is 0. The first-order valence-electron chi connectivity index (χ1n) is 6.70. The SMILES string of the molecule is CNC(C)Cc1ncnc2c1cnn2-c1ccccc1. The van der Waals surface area contributed by atoms with Crippen molar-refractivity contribution in [1.82, 2.24) is 25.1 Å². The lowest BCUT2D eigenvalue weighted by molar-refractivity contribution is 0.602. The lowest BCUT2D eigenvalue weighted by Gasteiger charge is -2.09. The van der Waals surface area contributed by atoms with E-state index in [4.69, 9.17) is 0 Å². The Morgan fingerprint density at radius 1 is 1.20 bits per heavy atom. The molecule has 0 bridgehead atoms. The predicted molar refractivity (Wildman–Crippen MR) is 78.9 cm³/mol. The second-order valence-corrected chi connectivity index (χ2v) is 4.84. The molecule has 5 heteroatoms. The lowest BCUT2D eigenvalue weighted by atomic mass is 10.1. The Morgan fingerprint density at radius 3 is 2.75 bits per heavy atom. The third-order valence-electron chi connectivity index (χ3n) is 3.44. The van der Waals surface area contributed by atoms with Crippen molar-refractivity contribution < 1.29 is 0 Å². The van der Waals surface area contributed by atoms with Crippen LogP contribution in [0.4, 0.5) is 0 Å². The number of benzene rings is 1. The monoisotopic (exact) mass is 267 g/mol. The third kappa shape index (κ3) is 2.28. The van der Waals surface area contributed by atoms with Crippen LogP contribution in [0.5, 0.6) is 0 Å². The molecular formula is C15H17N5. The second kappa shape index (κ2) is 5.38. The number of nitrogens with one attached hydrogen (secondary N) is 1. The van der Waals surface area contributed by atoms with E-state index in [1.807, 2.05) is 48.3 Å². The Morgan fingerprint density at radius 2 is 2.00 bits per heavy atom. The van der Waals surface area contributed by atoms with Crippen molar-refractivity contribution in [3.63, 3.8) is 0 Å². The molecule has 3 rings (SSSR count). The molecule has 0 aliphatic rings. The summed E-state index contributed by atoms with van der Waals surface area (Å²) in [7, 11) is 1.95. The molecule has 0 aliphatic heterocycles. The first-order valence-corrected chi connectivity index (χ1v) is 6.70. The number of hydrogen-bond donors (Lipinski definition) is 1. The first kappa shape index (κ1) is 12.7. The molecule has 0 saturated carbocycles. The van der Waals surface area contributed by atoms with E-state index in [0.717, 1.165) is 28.8 Å². The largest absolute Gasteiger partial charge is 0.317 e. The van der Waals surface area contributed by atoms with Gasteiger partial charge in [-0.15, -0.1) is 0 Å². The summed E-state index contributed by atoms with van der Waals surface area (Å²) in [6.07, 6.45) is 4.32. The van der Waals surface area contributed by atoms with Crippen LogP contribution in [0.1, 0.15) is 12.6 Å². The molecule has 1 N–H and O–H groups in total. The van der Waals surface area contributed by atoms with Crippen molar-refractivity contribution in [1.29, 1.82) is 0 Å². The summed E-state index contributed by atoms with van der Waals surface area (Å²) in [5.41, 5.74) is 2.89. The summed E-state index contributed by atoms with van der Waals surface area (Å²) in [6.45, 7) is 2.13. The number of para-hydroxylation sites is 1. The number of aromatic nitrogens is 4. The van der Waals surface area contributed by atoms with Gasteiger partial charge in [0.2, 0.25) is 0 Å². The highest BCUT2D eigenvalue weighted by Crippen LogP contribution is 2.19. The van der Waals surface area contributed by atoms with Crippen LogP contribution in [-0.2, 0) is 6.42 Å². The molecule has 2 aromatic heterocycles. The average Bonchev–Trinajstić information content (AvgIpc) is 2.93. The van der Waals surface area contributed by atoms with Gasteiger partial charge in [-0.25, -0.2) is 14.6 Å². The number of nitrogens with zero attached hydrogens (tertiary/aromatic N) is 4. The molecule has 5 nitrogen and oxygen atoms in total. The topological polar surface area (TPSA) is 55.6 Å². The van der Waals surface area contributed by atoms with Gasteiger partial charge in [0.25, 0.3) is 0 Å². The molecule has 3 aromatic rings. The van der Waals surface area contributed by atoms with E-state index in [0.29, 0.717) is 6.04 Å². The number of likely N-dealkylation sites (N-methyl/N-ethyl adjacent to an activating group) is 1. The highest BCUT2D eigenvalue weighted by atomic mass is 15.3. The standard InChI is InChI=1S/C15H17N5/c1-11(16-2)8-14-13-9-19-20(15(13)18-10-17-14)12-6-4-3-5-7-12/h3-7,9-11,16H,8H2,1-2H3. The van der Waals surface area contributed by atoms with E-state index >= 15 is 0 Å². The molecule has 0 radical (unpaired) electrons. The zero-order valence-corrected chi connectivity index (χ0v) is 11.6. The second-order valence-electron chi connectivity index (χ2n) is 4.84. The van der Waals surface area contributed by atoms with Crippen molar-refractivity contribution in [3.8, 4) is 5.69 Å². The van der Waals surface area contributed by atoms with Crippen LogP contribution < -0.4 is 5.32 Å². The predicted octanol–water partition coefficient (Wildman–Crippen LogP) is 1.97.